The van der Waals surface area contributed by atoms with Crippen LogP contribution in [-0.2, 0) is 11.3 Å². The average molecular weight is 364 g/mol. The number of carbonyl (C=O) groups is 1. The van der Waals surface area contributed by atoms with Crippen molar-refractivity contribution >= 4 is 5.91 Å². The molecule has 0 aromatic heterocycles. The largest absolute Gasteiger partial charge is 0.493 e. The summed E-state index contributed by atoms with van der Waals surface area (Å²) in [5, 5.41) is 14.2. The van der Waals surface area contributed by atoms with Crippen LogP contribution in [0.3, 0.4) is 0 Å². The Morgan fingerprint density at radius 1 is 1.27 bits per heavy atom. The standard InChI is InChI=1S/C20H32N2O4/c1-19(2,3)13-21-14-20(24)10-7-11-22(18(20)23)12-15-8-6-9-16(25-4)17(15)26-5/h6,8-9,21,24H,7,10-14H2,1-5H3. The third-order valence-electron chi connectivity index (χ3n) is 4.62. The lowest BCUT2D eigenvalue weighted by molar-refractivity contribution is -0.157. The van der Waals surface area contributed by atoms with Gasteiger partial charge in [0.25, 0.3) is 5.91 Å². The van der Waals surface area contributed by atoms with Crippen LogP contribution in [0, 0.1) is 5.41 Å². The van der Waals surface area contributed by atoms with Gasteiger partial charge in [-0.25, -0.2) is 0 Å². The Bertz CT molecular complexity index is 627. The highest BCUT2D eigenvalue weighted by Crippen LogP contribution is 2.33. The lowest BCUT2D eigenvalue weighted by Crippen LogP contribution is -2.58. The molecule has 6 nitrogen and oxygen atoms in total. The normalized spacial score (nSPS) is 21.0. The summed E-state index contributed by atoms with van der Waals surface area (Å²) in [5.74, 6) is 1.04. The summed E-state index contributed by atoms with van der Waals surface area (Å²) in [5.41, 5.74) is -0.385. The third kappa shape index (κ3) is 4.89. The SMILES string of the molecule is COc1cccc(CN2CCCC(O)(CNCC(C)(C)C)C2=O)c1OC. The molecule has 1 saturated heterocycles. The van der Waals surface area contributed by atoms with E-state index in [9.17, 15) is 9.90 Å². The van der Waals surface area contributed by atoms with Crippen LogP contribution in [-0.4, -0.2) is 55.4 Å². The number of benzene rings is 1. The summed E-state index contributed by atoms with van der Waals surface area (Å²) < 4.78 is 10.8. The zero-order chi connectivity index (χ0) is 19.4. The van der Waals surface area contributed by atoms with Crippen molar-refractivity contribution in [1.82, 2.24) is 10.2 Å². The number of hydrogen-bond donors (Lipinski definition) is 2. The minimum Gasteiger partial charge on any atom is -0.493 e. The quantitative estimate of drug-likeness (QED) is 0.776. The first kappa shape index (κ1) is 20.5. The monoisotopic (exact) mass is 364 g/mol. The van der Waals surface area contributed by atoms with Gasteiger partial charge in [-0.05, 0) is 24.3 Å². The van der Waals surface area contributed by atoms with Crippen LogP contribution in [0.15, 0.2) is 18.2 Å². The van der Waals surface area contributed by atoms with E-state index in [2.05, 4.69) is 26.1 Å². The number of rotatable bonds is 7. The maximum atomic E-state index is 12.9. The van der Waals surface area contributed by atoms with Gasteiger partial charge in [-0.1, -0.05) is 32.9 Å². The number of para-hydroxylation sites is 1. The lowest BCUT2D eigenvalue weighted by atomic mass is 9.90. The van der Waals surface area contributed by atoms with E-state index in [4.69, 9.17) is 9.47 Å². The highest BCUT2D eigenvalue weighted by Gasteiger charge is 2.42. The molecule has 0 aliphatic carbocycles. The number of nitrogens with zero attached hydrogens (tertiary/aromatic N) is 1. The second kappa shape index (κ2) is 8.27. The molecule has 0 bridgehead atoms. The molecule has 1 amide bonds. The molecular weight excluding hydrogens is 332 g/mol. The van der Waals surface area contributed by atoms with Gasteiger partial charge in [0, 0.05) is 31.7 Å². The van der Waals surface area contributed by atoms with Crippen LogP contribution in [0.2, 0.25) is 0 Å². The Kier molecular flexibility index (Phi) is 6.53. The number of hydrogen-bond acceptors (Lipinski definition) is 5. The van der Waals surface area contributed by atoms with Crippen LogP contribution in [0.1, 0.15) is 39.2 Å². The van der Waals surface area contributed by atoms with Crippen molar-refractivity contribution in [2.24, 2.45) is 5.41 Å². The fourth-order valence-corrected chi connectivity index (χ4v) is 3.31. The van der Waals surface area contributed by atoms with Gasteiger partial charge >= 0.3 is 0 Å². The van der Waals surface area contributed by atoms with Gasteiger partial charge in [-0.3, -0.25) is 4.79 Å². The molecule has 1 aromatic rings. The van der Waals surface area contributed by atoms with Crippen molar-refractivity contribution in [2.75, 3.05) is 33.9 Å². The maximum Gasteiger partial charge on any atom is 0.256 e. The van der Waals surface area contributed by atoms with Crippen LogP contribution < -0.4 is 14.8 Å². The number of carbonyl (C=O) groups excluding carboxylic acids is 1. The first-order valence-electron chi connectivity index (χ1n) is 9.12. The van der Waals surface area contributed by atoms with E-state index < -0.39 is 5.60 Å². The molecule has 1 aromatic carbocycles. The molecule has 0 radical (unpaired) electrons. The molecule has 2 rings (SSSR count). The number of amides is 1. The zero-order valence-corrected chi connectivity index (χ0v) is 16.6. The second-order valence-electron chi connectivity index (χ2n) is 8.18. The van der Waals surface area contributed by atoms with Crippen LogP contribution in [0.5, 0.6) is 11.5 Å². The molecule has 6 heteroatoms. The van der Waals surface area contributed by atoms with E-state index in [1.807, 2.05) is 18.2 Å². The van der Waals surface area contributed by atoms with Crippen molar-refractivity contribution in [3.63, 3.8) is 0 Å². The number of piperidine rings is 1. The molecule has 146 valence electrons. The van der Waals surface area contributed by atoms with E-state index in [-0.39, 0.29) is 17.9 Å². The number of methoxy groups -OCH3 is 2. The minimum atomic E-state index is -1.35. The molecule has 1 heterocycles. The highest BCUT2D eigenvalue weighted by atomic mass is 16.5. The molecule has 1 atom stereocenters. The molecule has 0 spiro atoms. The molecule has 1 aliphatic heterocycles. The summed E-state index contributed by atoms with van der Waals surface area (Å²) in [6.45, 7) is 8.39. The summed E-state index contributed by atoms with van der Waals surface area (Å²) in [6.07, 6.45) is 1.25. The molecule has 26 heavy (non-hydrogen) atoms. The predicted molar refractivity (Wildman–Crippen MR) is 101 cm³/mol. The Morgan fingerprint density at radius 3 is 2.62 bits per heavy atom. The molecule has 1 unspecified atom stereocenters. The number of aliphatic hydroxyl groups is 1. The summed E-state index contributed by atoms with van der Waals surface area (Å²) in [7, 11) is 3.18. The van der Waals surface area contributed by atoms with E-state index in [1.165, 1.54) is 0 Å². The van der Waals surface area contributed by atoms with Gasteiger partial charge in [0.2, 0.25) is 0 Å². The summed E-state index contributed by atoms with van der Waals surface area (Å²) in [6, 6.07) is 5.62. The van der Waals surface area contributed by atoms with Crippen molar-refractivity contribution in [2.45, 2.75) is 45.8 Å². The smallest absolute Gasteiger partial charge is 0.256 e. The van der Waals surface area contributed by atoms with Crippen molar-refractivity contribution in [3.8, 4) is 11.5 Å². The van der Waals surface area contributed by atoms with Gasteiger partial charge < -0.3 is 24.8 Å². The van der Waals surface area contributed by atoms with Crippen molar-refractivity contribution in [1.29, 1.82) is 0 Å². The molecule has 1 aliphatic rings. The van der Waals surface area contributed by atoms with Gasteiger partial charge in [-0.15, -0.1) is 0 Å². The van der Waals surface area contributed by atoms with E-state index >= 15 is 0 Å². The molecule has 2 N–H and O–H groups in total. The number of ether oxygens (including phenoxy) is 2. The lowest BCUT2D eigenvalue weighted by Gasteiger charge is -2.39. The first-order valence-corrected chi connectivity index (χ1v) is 9.12. The Labute approximate surface area is 156 Å². The van der Waals surface area contributed by atoms with Crippen LogP contribution in [0.25, 0.3) is 0 Å². The Balaban J connectivity index is 2.10. The zero-order valence-electron chi connectivity index (χ0n) is 16.6. The van der Waals surface area contributed by atoms with Gasteiger partial charge in [-0.2, -0.15) is 0 Å². The number of likely N-dealkylation sites (tertiary alicyclic amines) is 1. The highest BCUT2D eigenvalue weighted by molar-refractivity contribution is 5.86. The van der Waals surface area contributed by atoms with Gasteiger partial charge in [0.05, 0.1) is 14.2 Å². The van der Waals surface area contributed by atoms with Crippen LogP contribution in [0.4, 0.5) is 0 Å². The van der Waals surface area contributed by atoms with Crippen molar-refractivity contribution in [3.05, 3.63) is 23.8 Å². The van der Waals surface area contributed by atoms with E-state index in [0.717, 1.165) is 18.5 Å². The Morgan fingerprint density at radius 2 is 2.00 bits per heavy atom. The van der Waals surface area contributed by atoms with Gasteiger partial charge in [0.1, 0.15) is 0 Å². The summed E-state index contributed by atoms with van der Waals surface area (Å²) in [4.78, 5) is 14.6. The summed E-state index contributed by atoms with van der Waals surface area (Å²) >= 11 is 0. The van der Waals surface area contributed by atoms with Gasteiger partial charge in [0.15, 0.2) is 17.1 Å². The predicted octanol–water partition coefficient (Wildman–Crippen LogP) is 2.19. The van der Waals surface area contributed by atoms with Crippen molar-refractivity contribution < 1.29 is 19.4 Å². The van der Waals surface area contributed by atoms with E-state index in [1.54, 1.807) is 19.1 Å². The maximum absolute atomic E-state index is 12.9. The van der Waals surface area contributed by atoms with E-state index in [0.29, 0.717) is 31.0 Å². The van der Waals surface area contributed by atoms with Crippen LogP contribution >= 0.6 is 0 Å². The molecule has 0 saturated carbocycles. The fraction of sp³-hybridized carbons (Fsp3) is 0.650. The first-order chi connectivity index (χ1) is 12.2. The fourth-order valence-electron chi connectivity index (χ4n) is 3.31. The molecular formula is C20H32N2O4. The third-order valence-corrected chi connectivity index (χ3v) is 4.62. The average Bonchev–Trinajstić information content (AvgIpc) is 2.57. The molecule has 1 fully saturated rings. The topological polar surface area (TPSA) is 71.0 Å². The second-order valence-corrected chi connectivity index (χ2v) is 8.18. The Hall–Kier alpha value is -1.79. The number of nitrogens with one attached hydrogen (secondary N) is 1. The minimum absolute atomic E-state index is 0.0989.